The third-order valence-corrected chi connectivity index (χ3v) is 4.08. The van der Waals surface area contributed by atoms with Gasteiger partial charge in [-0.2, -0.15) is 0 Å². The van der Waals surface area contributed by atoms with E-state index in [-0.39, 0.29) is 30.3 Å². The van der Waals surface area contributed by atoms with E-state index in [4.69, 9.17) is 9.84 Å². The first-order valence-corrected chi connectivity index (χ1v) is 7.59. The van der Waals surface area contributed by atoms with E-state index in [0.717, 1.165) is 0 Å². The molecule has 126 valence electrons. The van der Waals surface area contributed by atoms with Crippen LogP contribution in [0.25, 0.3) is 0 Å². The highest BCUT2D eigenvalue weighted by Crippen LogP contribution is 2.24. The van der Waals surface area contributed by atoms with Crippen molar-refractivity contribution in [1.29, 1.82) is 0 Å². The molecule has 2 rings (SSSR count). The molecule has 1 fully saturated rings. The summed E-state index contributed by atoms with van der Waals surface area (Å²) < 4.78 is 18.4. The first kappa shape index (κ1) is 17.1. The maximum atomic E-state index is 13.5. The molecular weight excluding hydrogens is 303 g/mol. The van der Waals surface area contributed by atoms with Gasteiger partial charge in [0.2, 0.25) is 0 Å². The number of hydrogen-bond donors (Lipinski definition) is 3. The molecule has 0 spiro atoms. The van der Waals surface area contributed by atoms with Gasteiger partial charge < -0.3 is 20.5 Å². The second-order valence-electron chi connectivity index (χ2n) is 5.68. The Kier molecular flexibility index (Phi) is 5.78. The first-order chi connectivity index (χ1) is 11.0. The Balaban J connectivity index is 1.75. The predicted octanol–water partition coefficient (Wildman–Crippen LogP) is 2.28. The molecule has 3 N–H and O–H groups in total. The van der Waals surface area contributed by atoms with Crippen LogP contribution >= 0.6 is 0 Å². The van der Waals surface area contributed by atoms with E-state index in [2.05, 4.69) is 10.6 Å². The normalized spacial score (nSPS) is 20.6. The lowest BCUT2D eigenvalue weighted by Gasteiger charge is -2.26. The number of nitrogens with one attached hydrogen (secondary N) is 2. The van der Waals surface area contributed by atoms with Crippen molar-refractivity contribution < 1.29 is 23.8 Å². The van der Waals surface area contributed by atoms with E-state index in [9.17, 15) is 14.0 Å². The number of ether oxygens (including phenoxy) is 1. The van der Waals surface area contributed by atoms with E-state index < -0.39 is 11.8 Å². The number of aliphatic carboxylic acids is 1. The van der Waals surface area contributed by atoms with Crippen LogP contribution in [0.15, 0.2) is 18.2 Å². The number of carboxylic acids is 1. The van der Waals surface area contributed by atoms with E-state index in [0.29, 0.717) is 31.2 Å². The molecule has 1 aliphatic rings. The molecule has 23 heavy (non-hydrogen) atoms. The maximum Gasteiger partial charge on any atom is 0.315 e. The standard InChI is InChI=1S/C16H21FN2O4/c1-23-14-7-2-10(8-13(14)17)9-18-16(22)19-12-5-3-11(4-6-12)15(20)21/h2,7-8,11-12H,3-6,9H2,1H3,(H,20,21)(H2,18,19,22). The van der Waals surface area contributed by atoms with Crippen molar-refractivity contribution in [3.05, 3.63) is 29.6 Å². The minimum atomic E-state index is -0.769. The van der Waals surface area contributed by atoms with E-state index in [1.54, 1.807) is 6.07 Å². The molecule has 2 amide bonds. The number of methoxy groups -OCH3 is 1. The average Bonchev–Trinajstić information content (AvgIpc) is 2.53. The summed E-state index contributed by atoms with van der Waals surface area (Å²) in [6, 6.07) is 4.16. The summed E-state index contributed by atoms with van der Waals surface area (Å²) in [4.78, 5) is 22.7. The third kappa shape index (κ3) is 4.84. The molecule has 0 unspecified atom stereocenters. The van der Waals surface area contributed by atoms with Gasteiger partial charge in [0.05, 0.1) is 13.0 Å². The lowest BCUT2D eigenvalue weighted by atomic mass is 9.86. The molecule has 7 heteroatoms. The molecule has 0 saturated heterocycles. The largest absolute Gasteiger partial charge is 0.494 e. The smallest absolute Gasteiger partial charge is 0.315 e. The van der Waals surface area contributed by atoms with E-state index >= 15 is 0 Å². The third-order valence-electron chi connectivity index (χ3n) is 4.08. The summed E-state index contributed by atoms with van der Waals surface area (Å²) in [5.74, 6) is -1.39. The highest BCUT2D eigenvalue weighted by Gasteiger charge is 2.26. The summed E-state index contributed by atoms with van der Waals surface area (Å²) in [5, 5.41) is 14.4. The number of carbonyl (C=O) groups excluding carboxylic acids is 1. The number of benzene rings is 1. The van der Waals surface area contributed by atoms with Gasteiger partial charge in [0.1, 0.15) is 0 Å². The maximum absolute atomic E-state index is 13.5. The van der Waals surface area contributed by atoms with Gasteiger partial charge in [0.15, 0.2) is 11.6 Å². The van der Waals surface area contributed by atoms with Gasteiger partial charge in [-0.3, -0.25) is 4.79 Å². The Morgan fingerprint density at radius 3 is 2.57 bits per heavy atom. The fraction of sp³-hybridized carbons (Fsp3) is 0.500. The fourth-order valence-corrected chi connectivity index (χ4v) is 2.72. The molecule has 0 aliphatic heterocycles. The summed E-state index contributed by atoms with van der Waals surface area (Å²) in [6.07, 6.45) is 2.46. The second-order valence-corrected chi connectivity index (χ2v) is 5.68. The van der Waals surface area contributed by atoms with E-state index in [1.807, 2.05) is 0 Å². The van der Waals surface area contributed by atoms with Gasteiger partial charge in [-0.05, 0) is 43.4 Å². The fourth-order valence-electron chi connectivity index (χ4n) is 2.72. The average molecular weight is 324 g/mol. The summed E-state index contributed by atoms with van der Waals surface area (Å²) >= 11 is 0. The van der Waals surface area contributed by atoms with Crippen LogP contribution in [-0.2, 0) is 11.3 Å². The molecule has 1 aliphatic carbocycles. The van der Waals surface area contributed by atoms with Crippen molar-refractivity contribution in [3.63, 3.8) is 0 Å². The van der Waals surface area contributed by atoms with Crippen LogP contribution in [0.2, 0.25) is 0 Å². The lowest BCUT2D eigenvalue weighted by Crippen LogP contribution is -2.43. The van der Waals surface area contributed by atoms with Crippen molar-refractivity contribution in [2.45, 2.75) is 38.3 Å². The zero-order chi connectivity index (χ0) is 16.8. The van der Waals surface area contributed by atoms with Crippen molar-refractivity contribution in [2.75, 3.05) is 7.11 Å². The van der Waals surface area contributed by atoms with Gasteiger partial charge in [0.25, 0.3) is 0 Å². The van der Waals surface area contributed by atoms with Gasteiger partial charge in [-0.15, -0.1) is 0 Å². The Bertz CT molecular complexity index is 571. The summed E-state index contributed by atoms with van der Waals surface area (Å²) in [6.45, 7) is 0.206. The van der Waals surface area contributed by atoms with Crippen molar-refractivity contribution in [1.82, 2.24) is 10.6 Å². The molecule has 1 saturated carbocycles. The molecular formula is C16H21FN2O4. The van der Waals surface area contributed by atoms with E-state index in [1.165, 1.54) is 19.2 Å². The molecule has 0 atom stereocenters. The Labute approximate surface area is 134 Å². The van der Waals surface area contributed by atoms with Crippen LogP contribution in [0.3, 0.4) is 0 Å². The molecule has 1 aromatic rings. The van der Waals surface area contributed by atoms with Crippen molar-refractivity contribution >= 4 is 12.0 Å². The SMILES string of the molecule is COc1ccc(CNC(=O)NC2CCC(C(=O)O)CC2)cc1F. The molecule has 0 heterocycles. The van der Waals surface area contributed by atoms with Gasteiger partial charge >= 0.3 is 12.0 Å². The number of amides is 2. The van der Waals surface area contributed by atoms with Crippen LogP contribution in [0, 0.1) is 11.7 Å². The van der Waals surface area contributed by atoms with Crippen LogP contribution < -0.4 is 15.4 Å². The Morgan fingerprint density at radius 2 is 2.00 bits per heavy atom. The minimum Gasteiger partial charge on any atom is -0.494 e. The topological polar surface area (TPSA) is 87.7 Å². The van der Waals surface area contributed by atoms with Gasteiger partial charge in [-0.25, -0.2) is 9.18 Å². The molecule has 0 aromatic heterocycles. The Morgan fingerprint density at radius 1 is 1.30 bits per heavy atom. The number of carboxylic acid groups (broad SMARTS) is 1. The summed E-state index contributed by atoms with van der Waals surface area (Å²) in [5.41, 5.74) is 0.632. The monoisotopic (exact) mass is 324 g/mol. The van der Waals surface area contributed by atoms with Crippen LogP contribution in [0.4, 0.5) is 9.18 Å². The number of hydrogen-bond acceptors (Lipinski definition) is 3. The van der Waals surface area contributed by atoms with Crippen molar-refractivity contribution in [3.8, 4) is 5.75 Å². The number of rotatable bonds is 5. The van der Waals surface area contributed by atoms with Crippen LogP contribution in [0.5, 0.6) is 5.75 Å². The van der Waals surface area contributed by atoms with Crippen molar-refractivity contribution in [2.24, 2.45) is 5.92 Å². The zero-order valence-corrected chi connectivity index (χ0v) is 13.0. The van der Waals surface area contributed by atoms with Gasteiger partial charge in [0, 0.05) is 12.6 Å². The zero-order valence-electron chi connectivity index (χ0n) is 13.0. The number of urea groups is 1. The Hall–Kier alpha value is -2.31. The number of halogens is 1. The molecule has 6 nitrogen and oxygen atoms in total. The predicted molar refractivity (Wildman–Crippen MR) is 81.7 cm³/mol. The highest BCUT2D eigenvalue weighted by atomic mass is 19.1. The summed E-state index contributed by atoms with van der Waals surface area (Å²) in [7, 11) is 1.39. The lowest BCUT2D eigenvalue weighted by molar-refractivity contribution is -0.142. The first-order valence-electron chi connectivity index (χ1n) is 7.59. The van der Waals surface area contributed by atoms with Gasteiger partial charge in [-0.1, -0.05) is 6.07 Å². The van der Waals surface area contributed by atoms with Crippen LogP contribution in [0.1, 0.15) is 31.2 Å². The van der Waals surface area contributed by atoms with Crippen LogP contribution in [-0.4, -0.2) is 30.3 Å². The minimum absolute atomic E-state index is 0.0156. The quantitative estimate of drug-likeness (QED) is 0.775. The molecule has 0 bridgehead atoms. The molecule has 0 radical (unpaired) electrons. The highest BCUT2D eigenvalue weighted by molar-refractivity contribution is 5.74. The second kappa shape index (κ2) is 7.80. The number of carbonyl (C=O) groups is 2. The molecule has 1 aromatic carbocycles.